The summed E-state index contributed by atoms with van der Waals surface area (Å²) < 4.78 is 7.07. The molecule has 2 aromatic heterocycles. The zero-order valence-corrected chi connectivity index (χ0v) is 16.4. The Morgan fingerprint density at radius 2 is 1.82 bits per heavy atom. The Bertz CT molecular complexity index is 967. The van der Waals surface area contributed by atoms with Crippen LogP contribution < -0.4 is 0 Å². The van der Waals surface area contributed by atoms with Gasteiger partial charge in [-0.05, 0) is 19.9 Å². The fourth-order valence-corrected chi connectivity index (χ4v) is 3.41. The number of hydrogen-bond acceptors (Lipinski definition) is 6. The Labute approximate surface area is 163 Å². The summed E-state index contributed by atoms with van der Waals surface area (Å²) in [6.07, 6.45) is 0. The molecule has 8 heteroatoms. The molecule has 1 amide bonds. The summed E-state index contributed by atoms with van der Waals surface area (Å²) in [5.41, 5.74) is 3.62. The van der Waals surface area contributed by atoms with Gasteiger partial charge in [-0.3, -0.25) is 14.4 Å². The Morgan fingerprint density at radius 1 is 1.11 bits per heavy atom. The second-order valence-corrected chi connectivity index (χ2v) is 7.24. The zero-order valence-electron chi connectivity index (χ0n) is 16.4. The molecule has 4 rings (SSSR count). The highest BCUT2D eigenvalue weighted by molar-refractivity contribution is 5.92. The van der Waals surface area contributed by atoms with E-state index < -0.39 is 0 Å². The van der Waals surface area contributed by atoms with Crippen LogP contribution in [0.5, 0.6) is 0 Å². The first kappa shape index (κ1) is 18.4. The van der Waals surface area contributed by atoms with Crippen LogP contribution in [-0.4, -0.2) is 61.8 Å². The van der Waals surface area contributed by atoms with Crippen LogP contribution in [0.2, 0.25) is 0 Å². The highest BCUT2D eigenvalue weighted by Gasteiger charge is 2.25. The van der Waals surface area contributed by atoms with Crippen molar-refractivity contribution in [2.75, 3.05) is 26.2 Å². The molecular formula is C20H24N6O2. The molecule has 28 heavy (non-hydrogen) atoms. The molecule has 0 N–H and O–H groups in total. The summed E-state index contributed by atoms with van der Waals surface area (Å²) >= 11 is 0. The highest BCUT2D eigenvalue weighted by Crippen LogP contribution is 2.17. The summed E-state index contributed by atoms with van der Waals surface area (Å²) in [6.45, 7) is 7.40. The number of hydrogen-bond donors (Lipinski definition) is 0. The number of aromatic nitrogens is 4. The minimum Gasteiger partial charge on any atom is -0.338 e. The molecule has 1 aromatic carbocycles. The molecule has 8 nitrogen and oxygen atoms in total. The van der Waals surface area contributed by atoms with Crippen molar-refractivity contribution >= 4 is 5.91 Å². The molecule has 3 heterocycles. The van der Waals surface area contributed by atoms with E-state index in [1.165, 1.54) is 5.56 Å². The standard InChI is InChI=1S/C20H24N6O2/c1-14-4-6-16(7-5-14)19-21-18(28-23-19)13-25-8-10-26(11-9-25)20(27)17-12-15(2)22-24(17)3/h4-7,12H,8-11,13H2,1-3H3. The number of amides is 1. The number of piperazine rings is 1. The summed E-state index contributed by atoms with van der Waals surface area (Å²) in [5, 5.41) is 8.35. The van der Waals surface area contributed by atoms with E-state index in [0.29, 0.717) is 37.0 Å². The predicted octanol–water partition coefficient (Wildman–Crippen LogP) is 2.04. The van der Waals surface area contributed by atoms with Crippen LogP contribution in [0.15, 0.2) is 34.9 Å². The lowest BCUT2D eigenvalue weighted by atomic mass is 10.1. The largest absolute Gasteiger partial charge is 0.338 e. The minimum absolute atomic E-state index is 0.0298. The predicted molar refractivity (Wildman–Crippen MR) is 104 cm³/mol. The van der Waals surface area contributed by atoms with Crippen molar-refractivity contribution in [3.63, 3.8) is 0 Å². The van der Waals surface area contributed by atoms with Gasteiger partial charge in [0.1, 0.15) is 5.69 Å². The Kier molecular flexibility index (Phi) is 4.95. The zero-order chi connectivity index (χ0) is 19.7. The number of aryl methyl sites for hydroxylation is 3. The maximum absolute atomic E-state index is 12.7. The van der Waals surface area contributed by atoms with Crippen LogP contribution in [0, 0.1) is 13.8 Å². The summed E-state index contributed by atoms with van der Waals surface area (Å²) in [4.78, 5) is 21.3. The van der Waals surface area contributed by atoms with E-state index in [2.05, 4.69) is 20.1 Å². The third-order valence-corrected chi connectivity index (χ3v) is 5.02. The lowest BCUT2D eigenvalue weighted by Gasteiger charge is -2.33. The van der Waals surface area contributed by atoms with Gasteiger partial charge in [0.2, 0.25) is 11.7 Å². The molecule has 1 aliphatic rings. The van der Waals surface area contributed by atoms with Crippen molar-refractivity contribution in [3.8, 4) is 11.4 Å². The first-order valence-corrected chi connectivity index (χ1v) is 9.41. The molecule has 0 radical (unpaired) electrons. The number of rotatable bonds is 4. The molecule has 0 bridgehead atoms. The van der Waals surface area contributed by atoms with Gasteiger partial charge in [-0.2, -0.15) is 10.1 Å². The Hall–Kier alpha value is -3.00. The molecule has 146 valence electrons. The van der Waals surface area contributed by atoms with E-state index in [9.17, 15) is 4.79 Å². The molecule has 0 atom stereocenters. The molecule has 1 fully saturated rings. The van der Waals surface area contributed by atoms with E-state index in [1.807, 2.05) is 49.1 Å². The van der Waals surface area contributed by atoms with Crippen LogP contribution in [0.3, 0.4) is 0 Å². The molecule has 0 aliphatic carbocycles. The third-order valence-electron chi connectivity index (χ3n) is 5.02. The fourth-order valence-electron chi connectivity index (χ4n) is 3.41. The van der Waals surface area contributed by atoms with Gasteiger partial charge in [0, 0.05) is 38.8 Å². The number of benzene rings is 1. The van der Waals surface area contributed by atoms with E-state index >= 15 is 0 Å². The van der Waals surface area contributed by atoms with Crippen molar-refractivity contribution in [3.05, 3.63) is 53.2 Å². The number of nitrogens with zero attached hydrogens (tertiary/aromatic N) is 6. The second kappa shape index (κ2) is 7.55. The van der Waals surface area contributed by atoms with E-state index in [4.69, 9.17) is 4.52 Å². The van der Waals surface area contributed by atoms with Gasteiger partial charge in [0.25, 0.3) is 5.91 Å². The molecule has 1 aliphatic heterocycles. The summed E-state index contributed by atoms with van der Waals surface area (Å²) in [6, 6.07) is 9.89. The van der Waals surface area contributed by atoms with Gasteiger partial charge < -0.3 is 9.42 Å². The van der Waals surface area contributed by atoms with Crippen LogP contribution >= 0.6 is 0 Å². The lowest BCUT2D eigenvalue weighted by Crippen LogP contribution is -2.48. The first-order valence-electron chi connectivity index (χ1n) is 9.41. The molecular weight excluding hydrogens is 356 g/mol. The van der Waals surface area contributed by atoms with Crippen molar-refractivity contribution < 1.29 is 9.32 Å². The Balaban J connectivity index is 1.34. The van der Waals surface area contributed by atoms with Crippen molar-refractivity contribution in [1.29, 1.82) is 0 Å². The average molecular weight is 380 g/mol. The quantitative estimate of drug-likeness (QED) is 0.689. The van der Waals surface area contributed by atoms with Gasteiger partial charge >= 0.3 is 0 Å². The van der Waals surface area contributed by atoms with Crippen molar-refractivity contribution in [2.24, 2.45) is 7.05 Å². The molecule has 0 spiro atoms. The normalized spacial score (nSPS) is 15.2. The molecule has 0 saturated carbocycles. The fraction of sp³-hybridized carbons (Fsp3) is 0.400. The maximum Gasteiger partial charge on any atom is 0.272 e. The molecule has 0 unspecified atom stereocenters. The van der Waals surface area contributed by atoms with Crippen LogP contribution in [-0.2, 0) is 13.6 Å². The highest BCUT2D eigenvalue weighted by atomic mass is 16.5. The Morgan fingerprint density at radius 3 is 2.46 bits per heavy atom. The van der Waals surface area contributed by atoms with E-state index in [1.54, 1.807) is 11.7 Å². The molecule has 1 saturated heterocycles. The van der Waals surface area contributed by atoms with Crippen LogP contribution in [0.4, 0.5) is 0 Å². The minimum atomic E-state index is 0.0298. The number of carbonyl (C=O) groups excluding carboxylic acids is 1. The van der Waals surface area contributed by atoms with Crippen LogP contribution in [0.1, 0.15) is 27.6 Å². The van der Waals surface area contributed by atoms with Crippen molar-refractivity contribution in [2.45, 2.75) is 20.4 Å². The summed E-state index contributed by atoms with van der Waals surface area (Å²) in [7, 11) is 1.80. The average Bonchev–Trinajstić information content (AvgIpc) is 3.28. The van der Waals surface area contributed by atoms with Gasteiger partial charge in [-0.25, -0.2) is 0 Å². The lowest BCUT2D eigenvalue weighted by molar-refractivity contribution is 0.0604. The molecule has 3 aromatic rings. The van der Waals surface area contributed by atoms with Gasteiger partial charge in [-0.15, -0.1) is 0 Å². The topological polar surface area (TPSA) is 80.3 Å². The van der Waals surface area contributed by atoms with E-state index in [-0.39, 0.29) is 5.91 Å². The summed E-state index contributed by atoms with van der Waals surface area (Å²) in [5.74, 6) is 1.23. The first-order chi connectivity index (χ1) is 13.5. The van der Waals surface area contributed by atoms with Gasteiger partial charge in [0.05, 0.1) is 12.2 Å². The number of carbonyl (C=O) groups is 1. The maximum atomic E-state index is 12.7. The third kappa shape index (κ3) is 3.82. The smallest absolute Gasteiger partial charge is 0.272 e. The van der Waals surface area contributed by atoms with E-state index in [0.717, 1.165) is 24.3 Å². The SMILES string of the molecule is Cc1ccc(-c2noc(CN3CCN(C(=O)c4cc(C)nn4C)CC3)n2)cc1. The van der Waals surface area contributed by atoms with Crippen molar-refractivity contribution in [1.82, 2.24) is 29.7 Å². The van der Waals surface area contributed by atoms with Gasteiger partial charge in [-0.1, -0.05) is 35.0 Å². The van der Waals surface area contributed by atoms with Gasteiger partial charge in [0.15, 0.2) is 0 Å². The monoisotopic (exact) mass is 380 g/mol. The van der Waals surface area contributed by atoms with Crippen LogP contribution in [0.25, 0.3) is 11.4 Å². The second-order valence-electron chi connectivity index (χ2n) is 7.24.